The van der Waals surface area contributed by atoms with E-state index in [4.69, 9.17) is 24.3 Å². The lowest BCUT2D eigenvalue weighted by atomic mass is 10.0. The predicted octanol–water partition coefficient (Wildman–Crippen LogP) is 22.6. The van der Waals surface area contributed by atoms with Gasteiger partial charge in [0.15, 0.2) is 6.10 Å². The molecule has 0 fully saturated rings. The summed E-state index contributed by atoms with van der Waals surface area (Å²) >= 11 is 0. The highest BCUT2D eigenvalue weighted by Gasteiger charge is 2.26. The molecule has 9 nitrogen and oxygen atoms in total. The molecule has 0 heterocycles. The fraction of sp³-hybridized carbons (Fsp3) is 0.653. The number of allylic oxidation sites excluding steroid dienone is 24. The minimum atomic E-state index is -4.40. The lowest BCUT2D eigenvalue weighted by Crippen LogP contribution is -2.29. The van der Waals surface area contributed by atoms with Gasteiger partial charge in [-0.15, -0.1) is 0 Å². The number of carbonyl (C=O) groups is 2. The molecule has 0 aromatic carbocycles. The predicted molar refractivity (Wildman–Crippen MR) is 367 cm³/mol. The van der Waals surface area contributed by atoms with E-state index in [0.717, 1.165) is 128 Å². The van der Waals surface area contributed by atoms with Crippen molar-refractivity contribution in [2.75, 3.05) is 26.4 Å². The Morgan fingerprint density at radius 1 is 0.353 bits per heavy atom. The molecule has 0 radical (unpaired) electrons. The Morgan fingerprint density at radius 2 is 0.612 bits per heavy atom. The van der Waals surface area contributed by atoms with Crippen molar-refractivity contribution >= 4 is 19.8 Å². The van der Waals surface area contributed by atoms with Gasteiger partial charge in [0.1, 0.15) is 6.61 Å². The van der Waals surface area contributed by atoms with E-state index in [9.17, 15) is 19.0 Å². The first-order chi connectivity index (χ1) is 41.8. The summed E-state index contributed by atoms with van der Waals surface area (Å²) in [6, 6.07) is 0. The van der Waals surface area contributed by atoms with Crippen LogP contribution >= 0.6 is 7.82 Å². The van der Waals surface area contributed by atoms with Crippen LogP contribution in [-0.4, -0.2) is 49.3 Å². The average Bonchev–Trinajstić information content (AvgIpc) is 3.52. The van der Waals surface area contributed by atoms with E-state index in [0.29, 0.717) is 6.42 Å². The van der Waals surface area contributed by atoms with Gasteiger partial charge in [-0.3, -0.25) is 18.6 Å². The van der Waals surface area contributed by atoms with E-state index in [1.807, 2.05) is 0 Å². The van der Waals surface area contributed by atoms with Gasteiger partial charge in [0, 0.05) is 19.4 Å². The summed E-state index contributed by atoms with van der Waals surface area (Å²) in [7, 11) is -4.40. The van der Waals surface area contributed by atoms with E-state index < -0.39 is 32.5 Å². The second-order valence-corrected chi connectivity index (χ2v) is 23.7. The maximum Gasteiger partial charge on any atom is 0.472 e. The molecule has 0 saturated carbocycles. The number of hydrogen-bond acceptors (Lipinski definition) is 8. The highest BCUT2D eigenvalue weighted by Crippen LogP contribution is 2.43. The zero-order valence-electron chi connectivity index (χ0n) is 54.3. The quantitative estimate of drug-likeness (QED) is 0.0264. The van der Waals surface area contributed by atoms with Crippen LogP contribution in [-0.2, 0) is 32.7 Å². The molecule has 0 aliphatic carbocycles. The summed E-state index contributed by atoms with van der Waals surface area (Å²) in [4.78, 5) is 35.4. The second-order valence-electron chi connectivity index (χ2n) is 22.3. The average molecular weight is 1200 g/mol. The molecule has 0 aromatic heterocycles. The molecule has 0 rings (SSSR count). The Hall–Kier alpha value is -4.11. The fourth-order valence-electron chi connectivity index (χ4n) is 9.23. The minimum absolute atomic E-state index is 0.0466. The standard InChI is InChI=1S/C75H126NO8P/c1-3-5-7-9-11-13-15-17-19-21-23-25-27-29-31-32-33-34-35-36-37-38-39-40-42-44-46-48-50-52-54-56-58-60-62-64-66-68-75(78)84-73(72-83-85(79,80)82-70-69-76)71-81-74(77)67-65-63-61-59-57-55-53-51-49-47-45-43-41-30-28-26-24-22-20-18-16-14-12-10-8-6-4-2/h5-8,11-14,17-20,23-26,29-31,33-34,41,45,47,73H,3-4,9-10,15-16,21-22,27-28,32,35-40,42-44,46,48-72,76H2,1-2H3,(H,79,80)/b7-5-,8-6-,13-11-,14-12-,19-17-,20-18-,25-23-,26-24-,31-29-,34-33-,41-30-,47-45-. The van der Waals surface area contributed by atoms with E-state index in [1.165, 1.54) is 122 Å². The monoisotopic (exact) mass is 1200 g/mol. The normalized spacial score (nSPS) is 13.9. The molecule has 0 spiro atoms. The summed E-state index contributed by atoms with van der Waals surface area (Å²) in [5.41, 5.74) is 5.40. The van der Waals surface area contributed by atoms with Gasteiger partial charge in [-0.2, -0.15) is 0 Å². The number of unbranched alkanes of at least 4 members (excludes halogenated alkanes) is 26. The summed E-state index contributed by atoms with van der Waals surface area (Å²) in [6.45, 7) is 3.52. The van der Waals surface area contributed by atoms with E-state index in [1.54, 1.807) is 0 Å². The number of phosphoric acid groups is 1. The topological polar surface area (TPSA) is 134 Å². The highest BCUT2D eigenvalue weighted by molar-refractivity contribution is 7.47. The summed E-state index contributed by atoms with van der Waals surface area (Å²) < 4.78 is 33.2. The second kappa shape index (κ2) is 69.0. The van der Waals surface area contributed by atoms with Gasteiger partial charge in [0.05, 0.1) is 13.2 Å². The third kappa shape index (κ3) is 68.9. The van der Waals surface area contributed by atoms with E-state index in [2.05, 4.69) is 160 Å². The van der Waals surface area contributed by atoms with E-state index in [-0.39, 0.29) is 32.6 Å². The Bertz CT molecular complexity index is 1900. The smallest absolute Gasteiger partial charge is 0.462 e. The lowest BCUT2D eigenvalue weighted by molar-refractivity contribution is -0.161. The van der Waals surface area contributed by atoms with E-state index >= 15 is 0 Å². The molecule has 0 bridgehead atoms. The Morgan fingerprint density at radius 3 is 0.906 bits per heavy atom. The fourth-order valence-corrected chi connectivity index (χ4v) is 10.00. The van der Waals surface area contributed by atoms with Crippen molar-refractivity contribution in [3.8, 4) is 0 Å². The van der Waals surface area contributed by atoms with Gasteiger partial charge < -0.3 is 20.1 Å². The number of hydrogen-bond donors (Lipinski definition) is 2. The van der Waals surface area contributed by atoms with Crippen molar-refractivity contribution < 1.29 is 37.6 Å². The maximum absolute atomic E-state index is 12.8. The van der Waals surface area contributed by atoms with Gasteiger partial charge in [-0.25, -0.2) is 4.57 Å². The molecular weight excluding hydrogens is 1070 g/mol. The number of carbonyl (C=O) groups excluding carboxylic acids is 2. The number of ether oxygens (including phenoxy) is 2. The first kappa shape index (κ1) is 80.9. The highest BCUT2D eigenvalue weighted by atomic mass is 31.2. The van der Waals surface area contributed by atoms with Crippen LogP contribution in [0.25, 0.3) is 0 Å². The minimum Gasteiger partial charge on any atom is -0.462 e. The van der Waals surface area contributed by atoms with Crippen molar-refractivity contribution in [3.63, 3.8) is 0 Å². The SMILES string of the molecule is CC/C=C\C/C=C\C/C=C\C/C=C\C/C=C\C/C=C\CCCCCCCCCCCCCCCCCCCCC(=O)OC(COC(=O)CCCCCCCCCC/C=C\C/C=C\C/C=C\C/C=C\C/C=C\C/C=C\CC)COP(=O)(O)OCCN. The third-order valence-corrected chi connectivity index (χ3v) is 15.2. The molecule has 0 aromatic rings. The van der Waals surface area contributed by atoms with Crippen molar-refractivity contribution in [2.24, 2.45) is 5.73 Å². The molecule has 0 aliphatic rings. The van der Waals surface area contributed by atoms with Crippen LogP contribution in [0.3, 0.4) is 0 Å². The third-order valence-electron chi connectivity index (χ3n) is 14.2. The Kier molecular flexibility index (Phi) is 65.7. The number of nitrogens with two attached hydrogens (primary N) is 1. The Labute approximate surface area is 522 Å². The van der Waals surface area contributed by atoms with Crippen LogP contribution in [0.2, 0.25) is 0 Å². The lowest BCUT2D eigenvalue weighted by Gasteiger charge is -2.19. The van der Waals surface area contributed by atoms with Crippen LogP contribution in [0.1, 0.15) is 284 Å². The molecule has 0 amide bonds. The first-order valence-corrected chi connectivity index (χ1v) is 35.8. The van der Waals surface area contributed by atoms with Gasteiger partial charge in [0.2, 0.25) is 0 Å². The maximum atomic E-state index is 12.8. The Balaban J connectivity index is 3.91. The molecule has 2 atom stereocenters. The zero-order chi connectivity index (χ0) is 61.6. The van der Waals surface area contributed by atoms with Crippen LogP contribution in [0.4, 0.5) is 0 Å². The molecule has 0 aliphatic heterocycles. The molecule has 3 N–H and O–H groups in total. The summed E-state index contributed by atoms with van der Waals surface area (Å²) in [5, 5.41) is 0. The van der Waals surface area contributed by atoms with Gasteiger partial charge in [0.25, 0.3) is 0 Å². The van der Waals surface area contributed by atoms with Gasteiger partial charge >= 0.3 is 19.8 Å². The van der Waals surface area contributed by atoms with Crippen molar-refractivity contribution in [3.05, 3.63) is 146 Å². The van der Waals surface area contributed by atoms with Gasteiger partial charge in [-0.05, 0) is 116 Å². The number of rotatable bonds is 63. The summed E-state index contributed by atoms with van der Waals surface area (Å²) in [5.74, 6) is -0.837. The molecular formula is C75H126NO8P. The number of esters is 2. The van der Waals surface area contributed by atoms with Gasteiger partial charge in [-0.1, -0.05) is 301 Å². The number of phosphoric ester groups is 1. The van der Waals surface area contributed by atoms with Crippen LogP contribution in [0.5, 0.6) is 0 Å². The first-order valence-electron chi connectivity index (χ1n) is 34.3. The molecule has 85 heavy (non-hydrogen) atoms. The van der Waals surface area contributed by atoms with Crippen molar-refractivity contribution in [1.29, 1.82) is 0 Å². The summed E-state index contributed by atoms with van der Waals surface area (Å²) in [6.07, 6.45) is 99.3. The molecule has 2 unspecified atom stereocenters. The molecule has 484 valence electrons. The zero-order valence-corrected chi connectivity index (χ0v) is 55.2. The van der Waals surface area contributed by atoms with Crippen LogP contribution in [0, 0.1) is 0 Å². The molecule has 0 saturated heterocycles. The largest absolute Gasteiger partial charge is 0.472 e. The van der Waals surface area contributed by atoms with Crippen LogP contribution < -0.4 is 5.73 Å². The van der Waals surface area contributed by atoms with Crippen molar-refractivity contribution in [2.45, 2.75) is 290 Å². The van der Waals surface area contributed by atoms with Crippen LogP contribution in [0.15, 0.2) is 146 Å². The molecule has 10 heteroatoms. The van der Waals surface area contributed by atoms with Crippen molar-refractivity contribution in [1.82, 2.24) is 0 Å².